The maximum atomic E-state index is 8.08. The normalized spacial score (nSPS) is 14.7. The van der Waals surface area contributed by atoms with Crippen LogP contribution < -0.4 is 0 Å². The Morgan fingerprint density at radius 1 is 1.40 bits per heavy atom. The van der Waals surface area contributed by atoms with E-state index in [9.17, 15) is 0 Å². The highest BCUT2D eigenvalue weighted by Crippen LogP contribution is 1.99. The zero-order valence-electron chi connectivity index (χ0n) is 6.00. The number of oxime groups is 1. The number of hydrogen-bond acceptors (Lipinski definition) is 2. The Hall–Kier alpha value is -0.760. The molecular weight excluding hydrogens is 150 g/mol. The predicted octanol–water partition coefficient (Wildman–Crippen LogP) is 2.54. The van der Waals surface area contributed by atoms with E-state index >= 15 is 0 Å². The van der Waals surface area contributed by atoms with Gasteiger partial charge in [-0.25, -0.2) is 0 Å². The first-order valence-electron chi connectivity index (χ1n) is 2.85. The van der Waals surface area contributed by atoms with E-state index in [1.807, 2.05) is 6.92 Å². The number of halogens is 1. The van der Waals surface area contributed by atoms with Crippen molar-refractivity contribution in [2.75, 3.05) is 0 Å². The fourth-order valence-corrected chi connectivity index (χ4v) is 0.443. The third-order valence-electron chi connectivity index (χ3n) is 0.837. The summed E-state index contributed by atoms with van der Waals surface area (Å²) in [6, 6.07) is 0. The SMILES string of the molecule is CC(=C/C=C(\C)Cl)/C=N/O. The lowest BCUT2D eigenvalue weighted by atomic mass is 10.3. The average Bonchev–Trinajstić information content (AvgIpc) is 1.85. The molecule has 10 heavy (non-hydrogen) atoms. The Morgan fingerprint density at radius 2 is 2.00 bits per heavy atom. The minimum atomic E-state index is 0.700. The molecule has 0 radical (unpaired) electrons. The van der Waals surface area contributed by atoms with E-state index in [0.29, 0.717) is 5.03 Å². The zero-order valence-corrected chi connectivity index (χ0v) is 6.76. The first kappa shape index (κ1) is 9.24. The Kier molecular flexibility index (Phi) is 4.67. The van der Waals surface area contributed by atoms with Gasteiger partial charge in [-0.3, -0.25) is 0 Å². The summed E-state index contributed by atoms with van der Waals surface area (Å²) in [5.74, 6) is 0. The van der Waals surface area contributed by atoms with Crippen molar-refractivity contribution < 1.29 is 5.21 Å². The number of allylic oxidation sites excluding steroid dienone is 4. The Morgan fingerprint density at radius 3 is 2.40 bits per heavy atom. The van der Waals surface area contributed by atoms with Crippen molar-refractivity contribution in [3.63, 3.8) is 0 Å². The van der Waals surface area contributed by atoms with Crippen LogP contribution in [0.2, 0.25) is 0 Å². The maximum absolute atomic E-state index is 8.08. The van der Waals surface area contributed by atoms with Crippen molar-refractivity contribution in [1.82, 2.24) is 0 Å². The van der Waals surface area contributed by atoms with E-state index in [1.165, 1.54) is 6.21 Å². The molecule has 0 saturated heterocycles. The van der Waals surface area contributed by atoms with Crippen molar-refractivity contribution in [3.8, 4) is 0 Å². The molecule has 3 heteroatoms. The second-order valence-electron chi connectivity index (χ2n) is 1.91. The Bertz CT molecular complexity index is 178. The summed E-state index contributed by atoms with van der Waals surface area (Å²) in [7, 11) is 0. The summed E-state index contributed by atoms with van der Waals surface area (Å²) < 4.78 is 0. The predicted molar refractivity (Wildman–Crippen MR) is 43.6 cm³/mol. The summed E-state index contributed by atoms with van der Waals surface area (Å²) >= 11 is 5.53. The molecule has 2 nitrogen and oxygen atoms in total. The van der Waals surface area contributed by atoms with Crippen molar-refractivity contribution in [2.45, 2.75) is 13.8 Å². The van der Waals surface area contributed by atoms with Gasteiger partial charge in [0.05, 0.1) is 6.21 Å². The summed E-state index contributed by atoms with van der Waals surface area (Å²) in [4.78, 5) is 0. The monoisotopic (exact) mass is 159 g/mol. The summed E-state index contributed by atoms with van der Waals surface area (Å²) in [5, 5.41) is 11.6. The Labute approximate surface area is 65.5 Å². The van der Waals surface area contributed by atoms with Gasteiger partial charge in [0.25, 0.3) is 0 Å². The van der Waals surface area contributed by atoms with Crippen LogP contribution in [-0.2, 0) is 0 Å². The van der Waals surface area contributed by atoms with Crippen molar-refractivity contribution in [2.24, 2.45) is 5.16 Å². The molecule has 1 N–H and O–H groups in total. The van der Waals surface area contributed by atoms with Gasteiger partial charge in [0.1, 0.15) is 0 Å². The fraction of sp³-hybridized carbons (Fsp3) is 0.286. The summed E-state index contributed by atoms with van der Waals surface area (Å²) in [6.07, 6.45) is 4.84. The molecule has 0 atom stereocenters. The van der Waals surface area contributed by atoms with Crippen molar-refractivity contribution >= 4 is 17.8 Å². The molecule has 0 aliphatic carbocycles. The first-order chi connectivity index (χ1) is 4.66. The van der Waals surface area contributed by atoms with Crippen molar-refractivity contribution in [1.29, 1.82) is 0 Å². The molecule has 56 valence electrons. The van der Waals surface area contributed by atoms with Gasteiger partial charge >= 0.3 is 0 Å². The molecule has 0 unspecified atom stereocenters. The maximum Gasteiger partial charge on any atom is 0.0690 e. The largest absolute Gasteiger partial charge is 0.411 e. The van der Waals surface area contributed by atoms with Crippen LogP contribution >= 0.6 is 11.6 Å². The van der Waals surface area contributed by atoms with E-state index in [0.717, 1.165) is 5.57 Å². The molecule has 0 aliphatic rings. The van der Waals surface area contributed by atoms with Crippen LogP contribution in [-0.4, -0.2) is 11.4 Å². The Balaban J connectivity index is 4.05. The van der Waals surface area contributed by atoms with Crippen LogP contribution in [0, 0.1) is 0 Å². The molecule has 0 aromatic rings. The van der Waals surface area contributed by atoms with Crippen LogP contribution in [0.5, 0.6) is 0 Å². The molecule has 0 rings (SSSR count). The van der Waals surface area contributed by atoms with E-state index in [4.69, 9.17) is 16.8 Å². The fourth-order valence-electron chi connectivity index (χ4n) is 0.380. The molecule has 0 aromatic heterocycles. The van der Waals surface area contributed by atoms with Gasteiger partial charge in [0.2, 0.25) is 0 Å². The lowest BCUT2D eigenvalue weighted by Gasteiger charge is -1.84. The van der Waals surface area contributed by atoms with E-state index in [-0.39, 0.29) is 0 Å². The van der Waals surface area contributed by atoms with Crippen LogP contribution in [0.3, 0.4) is 0 Å². The first-order valence-corrected chi connectivity index (χ1v) is 3.22. The summed E-state index contributed by atoms with van der Waals surface area (Å²) in [5.41, 5.74) is 0.850. The lowest BCUT2D eigenvalue weighted by molar-refractivity contribution is 0.321. The molecular formula is C7H10ClNO. The third-order valence-corrected chi connectivity index (χ3v) is 0.963. The van der Waals surface area contributed by atoms with Gasteiger partial charge in [-0.15, -0.1) is 0 Å². The molecule has 0 saturated carbocycles. The van der Waals surface area contributed by atoms with Gasteiger partial charge in [-0.05, 0) is 25.5 Å². The molecule has 0 bridgehead atoms. The van der Waals surface area contributed by atoms with Crippen LogP contribution in [0.15, 0.2) is 27.9 Å². The molecule has 0 aromatic carbocycles. The molecule has 0 aliphatic heterocycles. The number of rotatable bonds is 2. The van der Waals surface area contributed by atoms with Crippen molar-refractivity contribution in [3.05, 3.63) is 22.8 Å². The number of nitrogens with zero attached hydrogens (tertiary/aromatic N) is 1. The van der Waals surface area contributed by atoms with E-state index < -0.39 is 0 Å². The molecule has 0 spiro atoms. The van der Waals surface area contributed by atoms with Gasteiger partial charge in [-0.2, -0.15) is 0 Å². The van der Waals surface area contributed by atoms with Gasteiger partial charge < -0.3 is 5.21 Å². The minimum Gasteiger partial charge on any atom is -0.411 e. The lowest BCUT2D eigenvalue weighted by Crippen LogP contribution is -1.74. The van der Waals surface area contributed by atoms with Crippen LogP contribution in [0.1, 0.15) is 13.8 Å². The van der Waals surface area contributed by atoms with Gasteiger partial charge in [-0.1, -0.05) is 22.8 Å². The smallest absolute Gasteiger partial charge is 0.0690 e. The minimum absolute atomic E-state index is 0.700. The molecule has 0 amide bonds. The standard InChI is InChI=1S/C7H10ClNO/c1-6(5-9-10)3-4-7(2)8/h3-5,10H,1-2H3/b6-3-,7-4+,9-5+. The number of hydrogen-bond donors (Lipinski definition) is 1. The molecule has 0 fully saturated rings. The highest BCUT2D eigenvalue weighted by atomic mass is 35.5. The van der Waals surface area contributed by atoms with E-state index in [2.05, 4.69) is 5.16 Å². The van der Waals surface area contributed by atoms with Gasteiger partial charge in [0.15, 0.2) is 0 Å². The van der Waals surface area contributed by atoms with Crippen LogP contribution in [0.25, 0.3) is 0 Å². The quantitative estimate of drug-likeness (QED) is 0.286. The highest BCUT2D eigenvalue weighted by Gasteiger charge is 1.79. The zero-order chi connectivity index (χ0) is 7.98. The van der Waals surface area contributed by atoms with Gasteiger partial charge in [0, 0.05) is 5.03 Å². The van der Waals surface area contributed by atoms with E-state index in [1.54, 1.807) is 19.1 Å². The van der Waals surface area contributed by atoms with Crippen LogP contribution in [0.4, 0.5) is 0 Å². The summed E-state index contributed by atoms with van der Waals surface area (Å²) in [6.45, 7) is 3.59. The third kappa shape index (κ3) is 5.38. The topological polar surface area (TPSA) is 32.6 Å². The highest BCUT2D eigenvalue weighted by molar-refractivity contribution is 6.29. The average molecular weight is 160 g/mol. The second kappa shape index (κ2) is 5.06. The molecule has 0 heterocycles. The second-order valence-corrected chi connectivity index (χ2v) is 2.50.